The molecule has 4 heteroatoms. The molecule has 1 rings (SSSR count). The first-order valence-corrected chi connectivity index (χ1v) is 3.09. The molecule has 0 spiro atoms. The molecule has 1 saturated heterocycles. The van der Waals surface area contributed by atoms with Crippen molar-refractivity contribution in [1.29, 1.82) is 0 Å². The number of nitrogens with one attached hydrogen (secondary N) is 1. The summed E-state index contributed by atoms with van der Waals surface area (Å²) in [5.74, 6) is -0.0710. The van der Waals surface area contributed by atoms with Gasteiger partial charge < -0.3 is 10.1 Å². The largest absolute Gasteiger partial charge is 0.444 e. The van der Waals surface area contributed by atoms with E-state index in [2.05, 4.69) is 10.1 Å². The number of Topliss-reactive ketones (excluding diaryl/α,β-unsaturated/α-hetero) is 1. The van der Waals surface area contributed by atoms with Crippen molar-refractivity contribution in [2.75, 3.05) is 0 Å². The van der Waals surface area contributed by atoms with Crippen LogP contribution in [0.3, 0.4) is 0 Å². The van der Waals surface area contributed by atoms with E-state index in [-0.39, 0.29) is 11.9 Å². The van der Waals surface area contributed by atoms with E-state index in [1.165, 1.54) is 6.92 Å². The Labute approximate surface area is 58.5 Å². The smallest absolute Gasteiger partial charge is 0.408 e. The van der Waals surface area contributed by atoms with Crippen molar-refractivity contribution in [3.05, 3.63) is 0 Å². The molecule has 0 bridgehead atoms. The number of ketones is 1. The van der Waals surface area contributed by atoms with Gasteiger partial charge in [0.2, 0.25) is 0 Å². The van der Waals surface area contributed by atoms with E-state index < -0.39 is 12.1 Å². The second kappa shape index (κ2) is 2.28. The van der Waals surface area contributed by atoms with E-state index in [1.54, 1.807) is 6.92 Å². The summed E-state index contributed by atoms with van der Waals surface area (Å²) < 4.78 is 4.66. The maximum Gasteiger partial charge on any atom is 0.408 e. The number of amides is 1. The summed E-state index contributed by atoms with van der Waals surface area (Å²) >= 11 is 0. The highest BCUT2D eigenvalue weighted by Gasteiger charge is 2.33. The lowest BCUT2D eigenvalue weighted by atomic mass is 10.1. The molecule has 10 heavy (non-hydrogen) atoms. The van der Waals surface area contributed by atoms with Gasteiger partial charge in [-0.3, -0.25) is 4.79 Å². The lowest BCUT2D eigenvalue weighted by Crippen LogP contribution is -2.36. The monoisotopic (exact) mass is 143 g/mol. The molecule has 0 aromatic carbocycles. The molecule has 1 aliphatic heterocycles. The average molecular weight is 143 g/mol. The first-order chi connectivity index (χ1) is 4.61. The summed E-state index contributed by atoms with van der Waals surface area (Å²) in [4.78, 5) is 21.2. The molecular formula is C6H9NO3. The number of rotatable bonds is 1. The summed E-state index contributed by atoms with van der Waals surface area (Å²) in [6.07, 6.45) is -0.835. The van der Waals surface area contributed by atoms with Crippen LogP contribution in [0, 0.1) is 0 Å². The maximum absolute atomic E-state index is 10.7. The molecule has 0 saturated carbocycles. The highest BCUT2D eigenvalue weighted by atomic mass is 16.6. The molecule has 1 amide bonds. The van der Waals surface area contributed by atoms with Gasteiger partial charge in [0.25, 0.3) is 0 Å². The summed E-state index contributed by atoms with van der Waals surface area (Å²) in [5.41, 5.74) is 0. The number of carbonyl (C=O) groups excluding carboxylic acids is 2. The first-order valence-electron chi connectivity index (χ1n) is 3.09. The third-order valence-electron chi connectivity index (χ3n) is 1.47. The minimum Gasteiger partial charge on any atom is -0.444 e. The van der Waals surface area contributed by atoms with Crippen molar-refractivity contribution >= 4 is 11.9 Å². The Kier molecular flexibility index (Phi) is 1.61. The molecule has 0 aromatic heterocycles. The summed E-state index contributed by atoms with van der Waals surface area (Å²) in [5, 5.41) is 2.39. The van der Waals surface area contributed by atoms with E-state index in [0.717, 1.165) is 0 Å². The Balaban J connectivity index is 2.63. The van der Waals surface area contributed by atoms with Crippen molar-refractivity contribution in [3.63, 3.8) is 0 Å². The Hall–Kier alpha value is -1.06. The van der Waals surface area contributed by atoms with Crippen LogP contribution in [-0.2, 0) is 9.53 Å². The molecule has 0 unspecified atom stereocenters. The normalized spacial score (nSPS) is 31.2. The van der Waals surface area contributed by atoms with Gasteiger partial charge in [0.05, 0.1) is 0 Å². The van der Waals surface area contributed by atoms with Crippen LogP contribution in [0.1, 0.15) is 13.8 Å². The molecule has 4 nitrogen and oxygen atoms in total. The lowest BCUT2D eigenvalue weighted by Gasteiger charge is -2.06. The molecule has 0 aromatic rings. The fourth-order valence-electron chi connectivity index (χ4n) is 0.947. The van der Waals surface area contributed by atoms with Gasteiger partial charge in [0, 0.05) is 0 Å². The summed E-state index contributed by atoms with van der Waals surface area (Å²) in [6, 6.07) is -0.451. The Morgan fingerprint density at radius 1 is 1.70 bits per heavy atom. The third-order valence-corrected chi connectivity index (χ3v) is 1.47. The van der Waals surface area contributed by atoms with E-state index in [9.17, 15) is 9.59 Å². The van der Waals surface area contributed by atoms with Gasteiger partial charge in [-0.25, -0.2) is 4.79 Å². The lowest BCUT2D eigenvalue weighted by molar-refractivity contribution is -0.119. The second-order valence-corrected chi connectivity index (χ2v) is 2.34. The molecule has 1 aliphatic rings. The van der Waals surface area contributed by atoms with Gasteiger partial charge in [-0.15, -0.1) is 0 Å². The molecule has 0 radical (unpaired) electrons. The average Bonchev–Trinajstić information content (AvgIpc) is 2.10. The van der Waals surface area contributed by atoms with Crippen LogP contribution in [0.4, 0.5) is 4.79 Å². The molecular weight excluding hydrogens is 134 g/mol. The SMILES string of the molecule is CC(=O)[C@H]1NC(=O)O[C@H]1C. The van der Waals surface area contributed by atoms with Crippen LogP contribution in [0.2, 0.25) is 0 Å². The van der Waals surface area contributed by atoms with E-state index in [0.29, 0.717) is 0 Å². The van der Waals surface area contributed by atoms with Gasteiger partial charge in [0.15, 0.2) is 5.78 Å². The van der Waals surface area contributed by atoms with Gasteiger partial charge >= 0.3 is 6.09 Å². The Morgan fingerprint density at radius 2 is 2.30 bits per heavy atom. The van der Waals surface area contributed by atoms with Crippen LogP contribution in [0.5, 0.6) is 0 Å². The van der Waals surface area contributed by atoms with Crippen molar-refractivity contribution in [3.8, 4) is 0 Å². The van der Waals surface area contributed by atoms with Crippen LogP contribution < -0.4 is 5.32 Å². The van der Waals surface area contributed by atoms with Gasteiger partial charge in [0.1, 0.15) is 12.1 Å². The quantitative estimate of drug-likeness (QED) is 0.565. The molecule has 0 aliphatic carbocycles. The van der Waals surface area contributed by atoms with Crippen LogP contribution >= 0.6 is 0 Å². The van der Waals surface area contributed by atoms with Crippen molar-refractivity contribution < 1.29 is 14.3 Å². The zero-order valence-electron chi connectivity index (χ0n) is 5.88. The summed E-state index contributed by atoms with van der Waals surface area (Å²) in [7, 11) is 0. The Morgan fingerprint density at radius 3 is 2.50 bits per heavy atom. The maximum atomic E-state index is 10.7. The van der Waals surface area contributed by atoms with E-state index in [1.807, 2.05) is 0 Å². The zero-order chi connectivity index (χ0) is 7.72. The van der Waals surface area contributed by atoms with E-state index >= 15 is 0 Å². The first kappa shape index (κ1) is 7.05. The number of ether oxygens (including phenoxy) is 1. The van der Waals surface area contributed by atoms with Gasteiger partial charge in [-0.2, -0.15) is 0 Å². The second-order valence-electron chi connectivity index (χ2n) is 2.34. The highest BCUT2D eigenvalue weighted by Crippen LogP contribution is 2.07. The Bertz CT molecular complexity index is 178. The third kappa shape index (κ3) is 1.10. The number of carbonyl (C=O) groups is 2. The van der Waals surface area contributed by atoms with Crippen LogP contribution in [0.15, 0.2) is 0 Å². The van der Waals surface area contributed by atoms with Crippen molar-refractivity contribution in [2.45, 2.75) is 26.0 Å². The molecule has 1 heterocycles. The number of alkyl carbamates (subject to hydrolysis) is 1. The van der Waals surface area contributed by atoms with Crippen molar-refractivity contribution in [2.24, 2.45) is 0 Å². The molecule has 56 valence electrons. The van der Waals surface area contributed by atoms with E-state index in [4.69, 9.17) is 0 Å². The standard InChI is InChI=1S/C6H9NO3/c1-3(8)5-4(2)10-6(9)7-5/h4-5H,1-2H3,(H,7,9)/t4-,5+/m0/s1. The fourth-order valence-corrected chi connectivity index (χ4v) is 0.947. The summed E-state index contributed by atoms with van der Waals surface area (Å²) in [6.45, 7) is 3.11. The predicted octanol–water partition coefficient (Wildman–Crippen LogP) is 0.0723. The predicted molar refractivity (Wildman–Crippen MR) is 33.5 cm³/mol. The van der Waals surface area contributed by atoms with Crippen LogP contribution in [0.25, 0.3) is 0 Å². The molecule has 2 atom stereocenters. The van der Waals surface area contributed by atoms with Gasteiger partial charge in [-0.1, -0.05) is 0 Å². The fraction of sp³-hybridized carbons (Fsp3) is 0.667. The topological polar surface area (TPSA) is 55.4 Å². The molecule has 1 N–H and O–H groups in total. The molecule has 1 fully saturated rings. The minimum atomic E-state index is -0.507. The number of hydrogen-bond donors (Lipinski definition) is 1. The van der Waals surface area contributed by atoms with Gasteiger partial charge in [-0.05, 0) is 13.8 Å². The highest BCUT2D eigenvalue weighted by molar-refractivity contribution is 5.88. The zero-order valence-corrected chi connectivity index (χ0v) is 5.88. The number of hydrogen-bond acceptors (Lipinski definition) is 3. The van der Waals surface area contributed by atoms with Crippen LogP contribution in [-0.4, -0.2) is 24.0 Å². The van der Waals surface area contributed by atoms with Crippen molar-refractivity contribution in [1.82, 2.24) is 5.32 Å². The number of cyclic esters (lactones) is 1. The minimum absolute atomic E-state index is 0.0710.